The summed E-state index contributed by atoms with van der Waals surface area (Å²) in [5, 5.41) is 9.70. The van der Waals surface area contributed by atoms with Gasteiger partial charge in [0, 0.05) is 152 Å². The number of hydrogen-bond donors (Lipinski definition) is 1. The number of carbonyl (C=O) groups is 6. The molecule has 101 heavy (non-hydrogen) atoms. The Balaban J connectivity index is 0. The van der Waals surface area contributed by atoms with Gasteiger partial charge in [-0.2, -0.15) is 0 Å². The number of rotatable bonds is 17. The van der Waals surface area contributed by atoms with Gasteiger partial charge < -0.3 is 52.8 Å². The fourth-order valence-corrected chi connectivity index (χ4v) is 13.7. The summed E-state index contributed by atoms with van der Waals surface area (Å²) in [6, 6.07) is 37.3. The van der Waals surface area contributed by atoms with Crippen molar-refractivity contribution in [2.24, 2.45) is 0 Å². The van der Waals surface area contributed by atoms with Gasteiger partial charge in [0.1, 0.15) is 5.78 Å². The number of alkyl halides is 3. The zero-order valence-electron chi connectivity index (χ0n) is 60.2. The van der Waals surface area contributed by atoms with Crippen molar-refractivity contribution < 1.29 is 96.1 Å². The van der Waals surface area contributed by atoms with Crippen LogP contribution in [-0.4, -0.2) is 185 Å². The smallest absolute Gasteiger partial charge is 0.870 e. The molecule has 5 aromatic rings. The fourth-order valence-electron chi connectivity index (χ4n) is 9.79. The molecule has 0 radical (unpaired) electrons. The number of hydrogen-bond acceptors (Lipinski definition) is 17. The minimum atomic E-state index is -3.03. The normalized spacial score (nSPS) is 15.3. The Hall–Kier alpha value is -2.46. The molecule has 5 aromatic carbocycles. The van der Waals surface area contributed by atoms with Crippen LogP contribution in [0.5, 0.6) is 0 Å². The summed E-state index contributed by atoms with van der Waals surface area (Å²) in [6.07, 6.45) is 10.7. The molecule has 0 amide bonds. The molecule has 0 aromatic heterocycles. The van der Waals surface area contributed by atoms with Crippen LogP contribution in [0.25, 0.3) is 10.6 Å². The zero-order valence-corrected chi connectivity index (χ0v) is 73.5. The molecule has 2 N–H and O–H groups in total. The van der Waals surface area contributed by atoms with Crippen LogP contribution < -0.4 is 29.6 Å². The summed E-state index contributed by atoms with van der Waals surface area (Å²) in [5.41, 5.74) is 11.7. The van der Waals surface area contributed by atoms with Crippen molar-refractivity contribution in [2.75, 3.05) is 116 Å². The summed E-state index contributed by atoms with van der Waals surface area (Å²) >= 11 is 20.2. The topological polar surface area (TPSA) is 229 Å². The summed E-state index contributed by atoms with van der Waals surface area (Å²) in [6.45, 7) is 14.9. The van der Waals surface area contributed by atoms with Crippen LogP contribution in [0.3, 0.4) is 0 Å². The fraction of sp³-hybridized carbons (Fsp3) is 0.459. The first-order chi connectivity index (χ1) is 46.5. The molecular formula is C74H103Br6N4NaO14P2. The summed E-state index contributed by atoms with van der Waals surface area (Å²) in [7, 11) is 11.8. The molecule has 4 aliphatic rings. The predicted octanol–water partition coefficient (Wildman–Crippen LogP) is 16.6. The number of benzene rings is 5. The van der Waals surface area contributed by atoms with Gasteiger partial charge in [0.05, 0.1) is 16.6 Å². The molecule has 0 spiro atoms. The van der Waals surface area contributed by atoms with E-state index in [4.69, 9.17) is 14.2 Å². The Morgan fingerprint density at radius 3 is 1.21 bits per heavy atom. The van der Waals surface area contributed by atoms with Gasteiger partial charge >= 0.3 is 51.7 Å². The molecule has 4 heterocycles. The molecule has 0 saturated carbocycles. The molecule has 4 fully saturated rings. The number of carbonyl (C=O) groups excluding carboxylic acids is 5. The summed E-state index contributed by atoms with van der Waals surface area (Å²) in [5.74, 6) is -0.0962. The van der Waals surface area contributed by atoms with Crippen LogP contribution in [0.2, 0.25) is 0 Å². The number of likely N-dealkylation sites (tertiary alicyclic amines) is 4. The molecule has 9 rings (SSSR count). The number of Topliss-reactive ketones (excluding diaryl/α,β-unsaturated/α-hetero) is 5. The van der Waals surface area contributed by atoms with Crippen LogP contribution in [0.1, 0.15) is 171 Å². The number of piperidine rings is 4. The molecule has 0 aliphatic carbocycles. The molecule has 4 aliphatic heterocycles. The third-order valence-electron chi connectivity index (χ3n) is 16.3. The van der Waals surface area contributed by atoms with Gasteiger partial charge in [0.2, 0.25) is 0 Å². The number of aromatic carboxylic acids is 1. The first-order valence-corrected chi connectivity index (χ1v) is 41.9. The molecule has 556 valence electrons. The van der Waals surface area contributed by atoms with Gasteiger partial charge in [-0.1, -0.05) is 198 Å². The summed E-state index contributed by atoms with van der Waals surface area (Å²) < 4.78 is 36.7. The first-order valence-electron chi connectivity index (χ1n) is 31.8. The van der Waals surface area contributed by atoms with E-state index in [1.807, 2.05) is 79.8 Å². The second kappa shape index (κ2) is 55.0. The van der Waals surface area contributed by atoms with Crippen molar-refractivity contribution in [2.45, 2.75) is 107 Å². The number of nitrogens with zero attached hydrogens (tertiary/aromatic N) is 4. The molecule has 18 nitrogen and oxygen atoms in total. The Kier molecular flexibility index (Phi) is 54.8. The molecule has 1 unspecified atom stereocenters. The Morgan fingerprint density at radius 2 is 0.871 bits per heavy atom. The molecule has 27 heteroatoms. The van der Waals surface area contributed by atoms with E-state index >= 15 is 0 Å². The van der Waals surface area contributed by atoms with Gasteiger partial charge in [-0.25, -0.2) is 4.79 Å². The van der Waals surface area contributed by atoms with E-state index in [1.165, 1.54) is 49.0 Å². The van der Waals surface area contributed by atoms with Gasteiger partial charge in [0.25, 0.3) is 0 Å². The first kappa shape index (κ1) is 101. The quantitative estimate of drug-likeness (QED) is 0.0395. The number of halogens is 6. The van der Waals surface area contributed by atoms with Crippen molar-refractivity contribution in [1.82, 2.24) is 19.6 Å². The van der Waals surface area contributed by atoms with Gasteiger partial charge in [-0.05, 0) is 147 Å². The number of carboxylic acids is 1. The third kappa shape index (κ3) is 39.3. The second-order valence-electron chi connectivity index (χ2n) is 23.7. The van der Waals surface area contributed by atoms with Crippen molar-refractivity contribution >= 4 is 154 Å². The largest absolute Gasteiger partial charge is 1.00 e. The van der Waals surface area contributed by atoms with E-state index in [-0.39, 0.29) is 80.9 Å². The standard InChI is InChI=1S/C15H19Br2NO.C15H19NO.C14H16BrNO2.C11H15O4P.C9H9BrO.C6H11NO.C3H9O3P.CH4.Br2.Na.H2O/c1-11(19)12-3-5-13(6-4-12)14(16)15(17)7-9-18(2)10-8-15;1-12(17)15-5-3-13(4-6-15)11-14-7-9-16(2)10-8-14;1-16-8-6-11(7-9-16)13(15)10-2-4-12(5-3-10)14(17)18;1-9(12)11-6-4-10(5-7-11)8-16(13,14-2)15-3;1-7(11)9-4-2-8(6-10)3-5-9;1-7-4-2-6(8)3-5-7;1-4-7(5-2)6-3;;1-2;;/h3-6,14H,7-10H2,1-2H3;3-6,11H,7-10H2,1-2H3;2-5H,6-9H2,1H3,(H,17,18);4-7H,8H2,1-3H3;2-5H,6H2,1H3;2-5H2,1H3;1-3H3;1H4;;;1H2/q;;;;;;;;;+1;/p-1. The van der Waals surface area contributed by atoms with Crippen LogP contribution in [0.15, 0.2) is 132 Å². The van der Waals surface area contributed by atoms with Gasteiger partial charge in [0.15, 0.2) is 23.1 Å². The maximum absolute atomic E-state index is 11.8. The van der Waals surface area contributed by atoms with E-state index < -0.39 is 22.2 Å². The van der Waals surface area contributed by atoms with Crippen LogP contribution in [0, 0.1) is 0 Å². The molecule has 0 bridgehead atoms. The second-order valence-corrected chi connectivity index (χ2v) is 31.3. The van der Waals surface area contributed by atoms with Gasteiger partial charge in [-0.3, -0.25) is 28.5 Å². The molecule has 4 saturated heterocycles. The Bertz CT molecular complexity index is 3300. The zero-order chi connectivity index (χ0) is 73.5. The molecular weight excluding hydrogens is 1730 g/mol. The van der Waals surface area contributed by atoms with E-state index in [2.05, 4.69) is 164 Å². The Labute approximate surface area is 674 Å². The monoisotopic (exact) mass is 1830 g/mol. The SMILES string of the molecule is BrBr.C.CC(=O)c1ccc(C(Br)C2(Br)CCN(C)CC2)cc1.CC(=O)c1ccc(C=C2CCN(C)CC2)cc1.CC(=O)c1ccc(CBr)cc1.CN1CCC(=C(Br)c2ccc(C(=O)O)cc2)CC1.CN1CCC(=O)CC1.COP(=O)(Cc1ccc(C(C)=O)cc1)OC.COP(OC)OC.[Na+].[OH-]. The van der Waals surface area contributed by atoms with Crippen LogP contribution in [0.4, 0.5) is 0 Å². The van der Waals surface area contributed by atoms with E-state index in [0.29, 0.717) is 16.9 Å². The third-order valence-corrected chi connectivity index (χ3v) is 24.0. The average molecular weight is 1840 g/mol. The average Bonchev–Trinajstić information content (AvgIpc) is 0.809. The van der Waals surface area contributed by atoms with Crippen LogP contribution in [-0.2, 0) is 43.5 Å². The predicted molar refractivity (Wildman–Crippen MR) is 431 cm³/mol. The van der Waals surface area contributed by atoms with Crippen molar-refractivity contribution in [1.29, 1.82) is 0 Å². The van der Waals surface area contributed by atoms with Crippen LogP contribution >= 0.6 is 108 Å². The van der Waals surface area contributed by atoms with Crippen molar-refractivity contribution in [3.63, 3.8) is 0 Å². The minimum absolute atomic E-state index is 0. The maximum atomic E-state index is 11.8. The number of ketones is 5. The van der Waals surface area contributed by atoms with Crippen molar-refractivity contribution in [3.8, 4) is 0 Å². The minimum Gasteiger partial charge on any atom is -0.870 e. The van der Waals surface area contributed by atoms with Crippen molar-refractivity contribution in [3.05, 3.63) is 188 Å². The van der Waals surface area contributed by atoms with E-state index in [9.17, 15) is 33.3 Å². The number of carboxylic acid groups (broad SMARTS) is 1. The van der Waals surface area contributed by atoms with Gasteiger partial charge in [-0.15, -0.1) is 0 Å². The molecule has 1 atom stereocenters. The Morgan fingerprint density at radius 1 is 0.545 bits per heavy atom. The van der Waals surface area contributed by atoms with E-state index in [0.717, 1.165) is 141 Å². The van der Waals surface area contributed by atoms with E-state index in [1.54, 1.807) is 78.5 Å². The summed E-state index contributed by atoms with van der Waals surface area (Å²) in [4.78, 5) is 75.2. The maximum Gasteiger partial charge on any atom is 1.00 e.